The van der Waals surface area contributed by atoms with Crippen LogP contribution in [0.2, 0.25) is 0 Å². The molecule has 0 spiro atoms. The second kappa shape index (κ2) is 4.52. The van der Waals surface area contributed by atoms with E-state index in [1.807, 2.05) is 29.5 Å². The number of hydrogen-bond donors (Lipinski definition) is 2. The van der Waals surface area contributed by atoms with Gasteiger partial charge in [-0.25, -0.2) is 4.98 Å². The summed E-state index contributed by atoms with van der Waals surface area (Å²) in [5.74, 6) is 5.52. The summed E-state index contributed by atoms with van der Waals surface area (Å²) in [7, 11) is 1.94. The van der Waals surface area contributed by atoms with Gasteiger partial charge in [0.05, 0.1) is 23.6 Å². The van der Waals surface area contributed by atoms with Crippen LogP contribution in [0.25, 0.3) is 0 Å². The second-order valence-electron chi connectivity index (χ2n) is 3.36. The van der Waals surface area contributed by atoms with Crippen molar-refractivity contribution < 1.29 is 0 Å². The summed E-state index contributed by atoms with van der Waals surface area (Å²) >= 11 is 1.63. The van der Waals surface area contributed by atoms with Crippen LogP contribution in [-0.4, -0.2) is 14.5 Å². The Balaban J connectivity index is 2.11. The standard InChI is InChI=1S/C9H13N5S/c1-14-4-9(12-5-14)8(13-10)2-7-3-11-6-15-7/h3-6,8,13H,2,10H2,1H3. The molecular weight excluding hydrogens is 210 g/mol. The highest BCUT2D eigenvalue weighted by Gasteiger charge is 2.13. The number of nitrogens with one attached hydrogen (secondary N) is 1. The number of imidazole rings is 1. The Hall–Kier alpha value is -1.24. The number of hydrogen-bond acceptors (Lipinski definition) is 5. The van der Waals surface area contributed by atoms with Crippen molar-refractivity contribution in [2.75, 3.05) is 0 Å². The predicted molar refractivity (Wildman–Crippen MR) is 59.1 cm³/mol. The van der Waals surface area contributed by atoms with E-state index in [2.05, 4.69) is 15.4 Å². The van der Waals surface area contributed by atoms with Gasteiger partial charge in [0.15, 0.2) is 0 Å². The molecule has 0 aliphatic carbocycles. The molecule has 15 heavy (non-hydrogen) atoms. The van der Waals surface area contributed by atoms with Crippen molar-refractivity contribution in [1.29, 1.82) is 0 Å². The molecule has 0 amide bonds. The number of aromatic nitrogens is 3. The Labute approximate surface area is 91.9 Å². The molecule has 1 unspecified atom stereocenters. The molecule has 2 heterocycles. The molecule has 1 atom stereocenters. The number of thiazole rings is 1. The molecular formula is C9H13N5S. The highest BCUT2D eigenvalue weighted by molar-refractivity contribution is 7.09. The van der Waals surface area contributed by atoms with Crippen molar-refractivity contribution in [3.63, 3.8) is 0 Å². The third-order valence-electron chi connectivity index (χ3n) is 2.17. The molecule has 0 fully saturated rings. The Kier molecular flexibility index (Phi) is 3.10. The van der Waals surface area contributed by atoms with E-state index in [9.17, 15) is 0 Å². The minimum absolute atomic E-state index is 0.0478. The highest BCUT2D eigenvalue weighted by Crippen LogP contribution is 2.17. The summed E-state index contributed by atoms with van der Waals surface area (Å²) in [6.07, 6.45) is 6.41. The smallest absolute Gasteiger partial charge is 0.0947 e. The lowest BCUT2D eigenvalue weighted by molar-refractivity contribution is 0.543. The molecule has 0 aromatic carbocycles. The van der Waals surface area contributed by atoms with Crippen LogP contribution < -0.4 is 11.3 Å². The summed E-state index contributed by atoms with van der Waals surface area (Å²) in [4.78, 5) is 9.50. The lowest BCUT2D eigenvalue weighted by Crippen LogP contribution is -2.29. The Morgan fingerprint density at radius 1 is 1.67 bits per heavy atom. The molecule has 0 saturated heterocycles. The molecule has 0 radical (unpaired) electrons. The summed E-state index contributed by atoms with van der Waals surface area (Å²) in [6, 6.07) is 0.0478. The first-order valence-corrected chi connectivity index (χ1v) is 5.49. The van der Waals surface area contributed by atoms with Crippen LogP contribution in [0.4, 0.5) is 0 Å². The van der Waals surface area contributed by atoms with Crippen molar-refractivity contribution in [3.8, 4) is 0 Å². The maximum absolute atomic E-state index is 5.52. The van der Waals surface area contributed by atoms with Gasteiger partial charge in [0.25, 0.3) is 0 Å². The summed E-state index contributed by atoms with van der Waals surface area (Å²) < 4.78 is 1.91. The Bertz CT molecular complexity index is 408. The largest absolute Gasteiger partial charge is 0.340 e. The van der Waals surface area contributed by atoms with E-state index < -0.39 is 0 Å². The van der Waals surface area contributed by atoms with Crippen LogP contribution in [0, 0.1) is 0 Å². The number of rotatable bonds is 4. The van der Waals surface area contributed by atoms with E-state index in [1.165, 1.54) is 4.88 Å². The van der Waals surface area contributed by atoms with E-state index in [1.54, 1.807) is 17.7 Å². The van der Waals surface area contributed by atoms with E-state index in [-0.39, 0.29) is 6.04 Å². The topological polar surface area (TPSA) is 68.8 Å². The van der Waals surface area contributed by atoms with Gasteiger partial charge in [0, 0.05) is 30.7 Å². The monoisotopic (exact) mass is 223 g/mol. The Morgan fingerprint density at radius 3 is 3.07 bits per heavy atom. The zero-order valence-electron chi connectivity index (χ0n) is 8.42. The Morgan fingerprint density at radius 2 is 2.53 bits per heavy atom. The molecule has 5 nitrogen and oxygen atoms in total. The molecule has 2 aromatic rings. The average Bonchev–Trinajstić information content (AvgIpc) is 2.85. The van der Waals surface area contributed by atoms with Crippen molar-refractivity contribution in [2.24, 2.45) is 12.9 Å². The first-order chi connectivity index (χ1) is 7.29. The van der Waals surface area contributed by atoms with Crippen LogP contribution in [0.15, 0.2) is 24.2 Å². The maximum atomic E-state index is 5.52. The van der Waals surface area contributed by atoms with E-state index in [4.69, 9.17) is 5.84 Å². The number of nitrogens with zero attached hydrogens (tertiary/aromatic N) is 3. The summed E-state index contributed by atoms with van der Waals surface area (Å²) in [6.45, 7) is 0. The second-order valence-corrected chi connectivity index (χ2v) is 4.33. The molecule has 0 saturated carbocycles. The molecule has 2 rings (SSSR count). The molecule has 0 aliphatic heterocycles. The van der Waals surface area contributed by atoms with Crippen LogP contribution in [0.3, 0.4) is 0 Å². The van der Waals surface area contributed by atoms with Crippen LogP contribution in [0.1, 0.15) is 16.6 Å². The van der Waals surface area contributed by atoms with Crippen molar-refractivity contribution in [2.45, 2.75) is 12.5 Å². The third-order valence-corrected chi connectivity index (χ3v) is 2.97. The van der Waals surface area contributed by atoms with Gasteiger partial charge >= 0.3 is 0 Å². The minimum atomic E-state index is 0.0478. The maximum Gasteiger partial charge on any atom is 0.0947 e. The third kappa shape index (κ3) is 2.41. The zero-order valence-corrected chi connectivity index (χ0v) is 9.24. The first kappa shape index (κ1) is 10.3. The molecule has 3 N–H and O–H groups in total. The molecule has 80 valence electrons. The van der Waals surface area contributed by atoms with E-state index >= 15 is 0 Å². The van der Waals surface area contributed by atoms with Crippen molar-refractivity contribution in [3.05, 3.63) is 34.8 Å². The zero-order chi connectivity index (χ0) is 10.7. The predicted octanol–water partition coefficient (Wildman–Crippen LogP) is 0.624. The minimum Gasteiger partial charge on any atom is -0.340 e. The van der Waals surface area contributed by atoms with Gasteiger partial charge in [-0.3, -0.25) is 16.3 Å². The van der Waals surface area contributed by atoms with Crippen molar-refractivity contribution in [1.82, 2.24) is 20.0 Å². The fourth-order valence-corrected chi connectivity index (χ4v) is 2.05. The fraction of sp³-hybridized carbons (Fsp3) is 0.333. The van der Waals surface area contributed by atoms with Crippen LogP contribution >= 0.6 is 11.3 Å². The van der Waals surface area contributed by atoms with Gasteiger partial charge in [0.1, 0.15) is 0 Å². The van der Waals surface area contributed by atoms with Gasteiger partial charge in [0.2, 0.25) is 0 Å². The van der Waals surface area contributed by atoms with E-state index in [0.717, 1.165) is 12.1 Å². The highest BCUT2D eigenvalue weighted by atomic mass is 32.1. The normalized spacial score (nSPS) is 12.9. The van der Waals surface area contributed by atoms with Crippen molar-refractivity contribution >= 4 is 11.3 Å². The molecule has 6 heteroatoms. The van der Waals surface area contributed by atoms with Crippen LogP contribution in [-0.2, 0) is 13.5 Å². The lowest BCUT2D eigenvalue weighted by atomic mass is 10.1. The average molecular weight is 223 g/mol. The number of nitrogens with two attached hydrogens (primary N) is 1. The molecule has 2 aromatic heterocycles. The van der Waals surface area contributed by atoms with E-state index in [0.29, 0.717) is 0 Å². The number of hydrazine groups is 1. The van der Waals surface area contributed by atoms with Gasteiger partial charge < -0.3 is 4.57 Å². The van der Waals surface area contributed by atoms with Gasteiger partial charge in [-0.15, -0.1) is 11.3 Å². The molecule has 0 bridgehead atoms. The summed E-state index contributed by atoms with van der Waals surface area (Å²) in [5, 5.41) is 0. The SMILES string of the molecule is Cn1cnc(C(Cc2cncs2)NN)c1. The van der Waals surface area contributed by atoms with Gasteiger partial charge in [-0.05, 0) is 0 Å². The van der Waals surface area contributed by atoms with Gasteiger partial charge in [-0.2, -0.15) is 0 Å². The quantitative estimate of drug-likeness (QED) is 0.589. The molecule has 0 aliphatic rings. The first-order valence-electron chi connectivity index (χ1n) is 4.61. The van der Waals surface area contributed by atoms with Gasteiger partial charge in [-0.1, -0.05) is 0 Å². The summed E-state index contributed by atoms with van der Waals surface area (Å²) in [5.41, 5.74) is 5.55. The lowest BCUT2D eigenvalue weighted by Gasteiger charge is -2.11. The number of aryl methyl sites for hydroxylation is 1. The fourth-order valence-electron chi connectivity index (χ4n) is 1.41. The van der Waals surface area contributed by atoms with Crippen LogP contribution in [0.5, 0.6) is 0 Å².